The van der Waals surface area contributed by atoms with Gasteiger partial charge in [-0.15, -0.1) is 6.58 Å². The largest absolute Gasteiger partial charge is 0.480 e. The van der Waals surface area contributed by atoms with Crippen LogP contribution in [0.15, 0.2) is 12.7 Å². The van der Waals surface area contributed by atoms with E-state index in [1.54, 1.807) is 11.0 Å². The van der Waals surface area contributed by atoms with Crippen LogP contribution in [-0.2, 0) is 4.79 Å². The highest BCUT2D eigenvalue weighted by atomic mass is 16.4. The van der Waals surface area contributed by atoms with Crippen LogP contribution in [-0.4, -0.2) is 41.3 Å². The summed E-state index contributed by atoms with van der Waals surface area (Å²) in [6, 6.07) is -0.577. The number of aliphatic carboxylic acids is 1. The van der Waals surface area contributed by atoms with Crippen molar-refractivity contribution in [1.82, 2.24) is 4.90 Å². The molecule has 0 aromatic carbocycles. The molecule has 0 spiro atoms. The molecule has 1 unspecified atom stereocenters. The van der Waals surface area contributed by atoms with Crippen LogP contribution >= 0.6 is 0 Å². The van der Waals surface area contributed by atoms with Crippen LogP contribution in [0, 0.1) is 0 Å². The summed E-state index contributed by atoms with van der Waals surface area (Å²) in [6.45, 7) is 6.39. The second-order valence-corrected chi connectivity index (χ2v) is 3.13. The molecule has 0 saturated heterocycles. The Balaban J connectivity index is 4.40. The summed E-state index contributed by atoms with van der Waals surface area (Å²) in [5.74, 6) is -0.868. The van der Waals surface area contributed by atoms with Gasteiger partial charge in [0.25, 0.3) is 0 Å². The topological polar surface area (TPSA) is 92.6 Å². The first kappa shape index (κ1) is 13.1. The SMILES string of the molecule is C=CCC(C(=O)O)N(CC)CC(N)N. The van der Waals surface area contributed by atoms with Gasteiger partial charge in [0.15, 0.2) is 0 Å². The molecule has 0 aromatic heterocycles. The van der Waals surface area contributed by atoms with E-state index in [1.807, 2.05) is 6.92 Å². The normalized spacial score (nSPS) is 13.2. The summed E-state index contributed by atoms with van der Waals surface area (Å²) < 4.78 is 0. The van der Waals surface area contributed by atoms with Crippen molar-refractivity contribution in [1.29, 1.82) is 0 Å². The Morgan fingerprint density at radius 2 is 2.21 bits per heavy atom. The average Bonchev–Trinajstić information content (AvgIpc) is 2.10. The van der Waals surface area contributed by atoms with Crippen molar-refractivity contribution in [2.45, 2.75) is 25.6 Å². The van der Waals surface area contributed by atoms with E-state index in [0.717, 1.165) is 0 Å². The summed E-state index contributed by atoms with van der Waals surface area (Å²) in [5, 5.41) is 8.95. The Hall–Kier alpha value is -0.910. The second kappa shape index (κ2) is 6.53. The minimum atomic E-state index is -0.868. The van der Waals surface area contributed by atoms with E-state index in [0.29, 0.717) is 19.5 Å². The van der Waals surface area contributed by atoms with E-state index in [-0.39, 0.29) is 0 Å². The van der Waals surface area contributed by atoms with Gasteiger partial charge >= 0.3 is 5.97 Å². The van der Waals surface area contributed by atoms with Gasteiger partial charge in [-0.25, -0.2) is 0 Å². The van der Waals surface area contributed by atoms with Gasteiger partial charge in [0.05, 0.1) is 6.17 Å². The lowest BCUT2D eigenvalue weighted by atomic mass is 10.1. The van der Waals surface area contributed by atoms with Crippen LogP contribution in [0.3, 0.4) is 0 Å². The standard InChI is InChI=1S/C9H19N3O2/c1-3-5-7(9(13)14)12(4-2)6-8(10)11/h3,7-8H,1,4-6,10-11H2,2H3,(H,13,14). The van der Waals surface area contributed by atoms with E-state index in [2.05, 4.69) is 6.58 Å². The summed E-state index contributed by atoms with van der Waals surface area (Å²) >= 11 is 0. The van der Waals surface area contributed by atoms with E-state index in [1.165, 1.54) is 0 Å². The van der Waals surface area contributed by atoms with Crippen molar-refractivity contribution in [3.05, 3.63) is 12.7 Å². The highest BCUT2D eigenvalue weighted by molar-refractivity contribution is 5.73. The van der Waals surface area contributed by atoms with Gasteiger partial charge < -0.3 is 16.6 Å². The number of nitrogens with two attached hydrogens (primary N) is 2. The minimum absolute atomic E-state index is 0.376. The molecular formula is C9H19N3O2. The molecule has 5 N–H and O–H groups in total. The molecule has 82 valence electrons. The number of carbonyl (C=O) groups is 1. The lowest BCUT2D eigenvalue weighted by Gasteiger charge is -2.27. The van der Waals surface area contributed by atoms with Gasteiger partial charge in [-0.3, -0.25) is 9.69 Å². The van der Waals surface area contributed by atoms with Crippen LogP contribution in [0.5, 0.6) is 0 Å². The summed E-state index contributed by atoms with van der Waals surface area (Å²) in [5.41, 5.74) is 10.8. The highest BCUT2D eigenvalue weighted by Crippen LogP contribution is 2.05. The third kappa shape index (κ3) is 4.36. The maximum absolute atomic E-state index is 10.9. The average molecular weight is 201 g/mol. The molecule has 5 nitrogen and oxygen atoms in total. The van der Waals surface area contributed by atoms with E-state index < -0.39 is 18.2 Å². The van der Waals surface area contributed by atoms with Gasteiger partial charge in [-0.05, 0) is 13.0 Å². The van der Waals surface area contributed by atoms with Crippen molar-refractivity contribution in [3.8, 4) is 0 Å². The van der Waals surface area contributed by atoms with Crippen LogP contribution in [0.2, 0.25) is 0 Å². The summed E-state index contributed by atoms with van der Waals surface area (Å²) in [7, 11) is 0. The number of carboxylic acid groups (broad SMARTS) is 1. The molecule has 0 rings (SSSR count). The Morgan fingerprint density at radius 1 is 1.64 bits per heavy atom. The predicted octanol–water partition coefficient (Wildman–Crippen LogP) is -0.419. The minimum Gasteiger partial charge on any atom is -0.480 e. The number of likely N-dealkylation sites (N-methyl/N-ethyl adjacent to an activating group) is 1. The third-order valence-corrected chi connectivity index (χ3v) is 1.97. The van der Waals surface area contributed by atoms with E-state index in [9.17, 15) is 4.79 Å². The molecule has 0 aliphatic rings. The molecule has 0 heterocycles. The Bertz CT molecular complexity index is 194. The molecular weight excluding hydrogens is 182 g/mol. The molecule has 14 heavy (non-hydrogen) atoms. The monoisotopic (exact) mass is 201 g/mol. The molecule has 0 fully saturated rings. The Labute approximate surface area is 84.4 Å². The fourth-order valence-corrected chi connectivity index (χ4v) is 1.31. The lowest BCUT2D eigenvalue weighted by molar-refractivity contribution is -0.143. The van der Waals surface area contributed by atoms with Gasteiger partial charge in [0.2, 0.25) is 0 Å². The molecule has 0 bridgehead atoms. The smallest absolute Gasteiger partial charge is 0.321 e. The molecule has 0 saturated carbocycles. The van der Waals surface area contributed by atoms with Crippen LogP contribution in [0.1, 0.15) is 13.3 Å². The van der Waals surface area contributed by atoms with Crippen molar-refractivity contribution >= 4 is 5.97 Å². The van der Waals surface area contributed by atoms with Crippen molar-refractivity contribution in [3.63, 3.8) is 0 Å². The molecule has 0 aromatic rings. The first-order valence-corrected chi connectivity index (χ1v) is 4.61. The molecule has 0 radical (unpaired) electrons. The number of nitrogens with zero attached hydrogens (tertiary/aromatic N) is 1. The van der Waals surface area contributed by atoms with Gasteiger partial charge in [-0.2, -0.15) is 0 Å². The molecule has 1 atom stereocenters. The van der Waals surface area contributed by atoms with Gasteiger partial charge in [0.1, 0.15) is 6.04 Å². The van der Waals surface area contributed by atoms with Gasteiger partial charge in [0, 0.05) is 6.54 Å². The number of carboxylic acids is 1. The van der Waals surface area contributed by atoms with Crippen molar-refractivity contribution < 1.29 is 9.90 Å². The van der Waals surface area contributed by atoms with E-state index in [4.69, 9.17) is 16.6 Å². The fraction of sp³-hybridized carbons (Fsp3) is 0.667. The third-order valence-electron chi connectivity index (χ3n) is 1.97. The number of hydrogen-bond acceptors (Lipinski definition) is 4. The first-order valence-electron chi connectivity index (χ1n) is 4.61. The maximum Gasteiger partial charge on any atom is 0.321 e. The molecule has 0 amide bonds. The Kier molecular flexibility index (Phi) is 6.11. The first-order chi connectivity index (χ1) is 6.52. The van der Waals surface area contributed by atoms with Crippen LogP contribution in [0.4, 0.5) is 0 Å². The summed E-state index contributed by atoms with van der Waals surface area (Å²) in [4.78, 5) is 12.6. The summed E-state index contributed by atoms with van der Waals surface area (Å²) in [6.07, 6.45) is 1.47. The zero-order chi connectivity index (χ0) is 11.1. The number of hydrogen-bond donors (Lipinski definition) is 3. The zero-order valence-corrected chi connectivity index (χ0v) is 8.52. The zero-order valence-electron chi connectivity index (χ0n) is 8.52. The Morgan fingerprint density at radius 3 is 2.50 bits per heavy atom. The van der Waals surface area contributed by atoms with Crippen molar-refractivity contribution in [2.24, 2.45) is 11.5 Å². The van der Waals surface area contributed by atoms with E-state index >= 15 is 0 Å². The van der Waals surface area contributed by atoms with Crippen LogP contribution in [0.25, 0.3) is 0 Å². The number of rotatable bonds is 7. The van der Waals surface area contributed by atoms with Crippen LogP contribution < -0.4 is 11.5 Å². The van der Waals surface area contributed by atoms with Gasteiger partial charge in [-0.1, -0.05) is 13.0 Å². The predicted molar refractivity (Wildman–Crippen MR) is 55.6 cm³/mol. The quantitative estimate of drug-likeness (QED) is 0.384. The maximum atomic E-state index is 10.9. The van der Waals surface area contributed by atoms with Crippen molar-refractivity contribution in [2.75, 3.05) is 13.1 Å². The lowest BCUT2D eigenvalue weighted by Crippen LogP contribution is -2.49. The highest BCUT2D eigenvalue weighted by Gasteiger charge is 2.23. The molecule has 0 aliphatic carbocycles. The fourth-order valence-electron chi connectivity index (χ4n) is 1.31. The molecule has 5 heteroatoms. The second-order valence-electron chi connectivity index (χ2n) is 3.13. The molecule has 0 aliphatic heterocycles.